The fourth-order valence-electron chi connectivity index (χ4n) is 0.980. The predicted molar refractivity (Wildman–Crippen MR) is 69.5 cm³/mol. The van der Waals surface area contributed by atoms with Crippen molar-refractivity contribution in [2.45, 2.75) is 24.3 Å². The Bertz CT molecular complexity index is 405. The summed E-state index contributed by atoms with van der Waals surface area (Å²) in [6.07, 6.45) is 0. The highest BCUT2D eigenvalue weighted by molar-refractivity contribution is 8.00. The number of aliphatic carboxylic acids is 1. The molecule has 16 heavy (non-hydrogen) atoms. The van der Waals surface area contributed by atoms with E-state index in [1.807, 2.05) is 6.07 Å². The van der Waals surface area contributed by atoms with Gasteiger partial charge in [-0.05, 0) is 25.5 Å². The zero-order valence-electron chi connectivity index (χ0n) is 8.96. The summed E-state index contributed by atoms with van der Waals surface area (Å²) >= 11 is 13.2. The maximum Gasteiger partial charge on any atom is 0.319 e. The van der Waals surface area contributed by atoms with E-state index >= 15 is 0 Å². The summed E-state index contributed by atoms with van der Waals surface area (Å²) in [4.78, 5) is 10.9. The van der Waals surface area contributed by atoms with Gasteiger partial charge in [0.15, 0.2) is 0 Å². The Morgan fingerprint density at radius 2 is 2.06 bits per heavy atom. The van der Waals surface area contributed by atoms with Gasteiger partial charge >= 0.3 is 5.97 Å². The molecule has 1 N–H and O–H groups in total. The summed E-state index contributed by atoms with van der Waals surface area (Å²) in [5.41, 5.74) is 0.855. The molecule has 5 heteroatoms. The van der Waals surface area contributed by atoms with E-state index in [0.717, 1.165) is 5.56 Å². The predicted octanol–water partition coefficient (Wildman–Crippen LogP) is 4.09. The van der Waals surface area contributed by atoms with Gasteiger partial charge in [-0.2, -0.15) is 0 Å². The van der Waals surface area contributed by atoms with Crippen LogP contribution in [0.5, 0.6) is 0 Å². The minimum Gasteiger partial charge on any atom is -0.480 e. The second kappa shape index (κ2) is 5.30. The van der Waals surface area contributed by atoms with Crippen LogP contribution in [0.15, 0.2) is 18.2 Å². The molecule has 0 fully saturated rings. The maximum absolute atomic E-state index is 10.9. The topological polar surface area (TPSA) is 37.3 Å². The van der Waals surface area contributed by atoms with Gasteiger partial charge in [0.05, 0.1) is 10.0 Å². The molecule has 1 aromatic rings. The van der Waals surface area contributed by atoms with Gasteiger partial charge < -0.3 is 5.11 Å². The van der Waals surface area contributed by atoms with Crippen molar-refractivity contribution in [3.8, 4) is 0 Å². The third-order valence-electron chi connectivity index (χ3n) is 2.14. The van der Waals surface area contributed by atoms with E-state index in [-0.39, 0.29) is 0 Å². The van der Waals surface area contributed by atoms with Crippen LogP contribution >= 0.6 is 35.0 Å². The first kappa shape index (κ1) is 13.7. The number of carbonyl (C=O) groups is 1. The Labute approximate surface area is 109 Å². The number of hydrogen-bond donors (Lipinski definition) is 1. The standard InChI is InChI=1S/C11H12Cl2O2S/c1-11(2,10(14)15)16-6-7-4-3-5-8(12)9(7)13/h3-5H,6H2,1-2H3,(H,14,15). The van der Waals surface area contributed by atoms with E-state index in [2.05, 4.69) is 0 Å². The maximum atomic E-state index is 10.9. The molecule has 1 rings (SSSR count). The van der Waals surface area contributed by atoms with Gasteiger partial charge in [-0.25, -0.2) is 0 Å². The van der Waals surface area contributed by atoms with E-state index in [4.69, 9.17) is 28.3 Å². The Morgan fingerprint density at radius 1 is 1.44 bits per heavy atom. The van der Waals surface area contributed by atoms with Gasteiger partial charge in [-0.1, -0.05) is 35.3 Å². The van der Waals surface area contributed by atoms with Crippen molar-refractivity contribution in [2.24, 2.45) is 0 Å². The van der Waals surface area contributed by atoms with Crippen LogP contribution < -0.4 is 0 Å². The van der Waals surface area contributed by atoms with E-state index in [9.17, 15) is 4.79 Å². The average molecular weight is 279 g/mol. The quantitative estimate of drug-likeness (QED) is 0.902. The molecule has 0 saturated heterocycles. The van der Waals surface area contributed by atoms with Crippen LogP contribution in [0.25, 0.3) is 0 Å². The molecule has 1 aromatic carbocycles. The molecule has 0 saturated carbocycles. The molecule has 0 heterocycles. The number of hydrogen-bond acceptors (Lipinski definition) is 2. The molecule has 0 unspecified atom stereocenters. The largest absolute Gasteiger partial charge is 0.480 e. The van der Waals surface area contributed by atoms with Crippen LogP contribution in [0.4, 0.5) is 0 Å². The number of benzene rings is 1. The zero-order chi connectivity index (χ0) is 12.3. The molecule has 0 spiro atoms. The van der Waals surface area contributed by atoms with Crippen LogP contribution in [0, 0.1) is 0 Å². The first-order valence-corrected chi connectivity index (χ1v) is 6.39. The van der Waals surface area contributed by atoms with Gasteiger partial charge in [-0.15, -0.1) is 11.8 Å². The summed E-state index contributed by atoms with van der Waals surface area (Å²) in [7, 11) is 0. The zero-order valence-corrected chi connectivity index (χ0v) is 11.3. The molecule has 2 nitrogen and oxygen atoms in total. The van der Waals surface area contributed by atoms with E-state index in [0.29, 0.717) is 15.8 Å². The fraction of sp³-hybridized carbons (Fsp3) is 0.364. The number of thioether (sulfide) groups is 1. The fourth-order valence-corrected chi connectivity index (χ4v) is 2.33. The van der Waals surface area contributed by atoms with Gasteiger partial charge in [0, 0.05) is 5.75 Å². The lowest BCUT2D eigenvalue weighted by atomic mass is 10.2. The minimum absolute atomic E-state index is 0.493. The lowest BCUT2D eigenvalue weighted by Gasteiger charge is -2.18. The molecule has 0 atom stereocenters. The molecular weight excluding hydrogens is 267 g/mol. The second-order valence-electron chi connectivity index (χ2n) is 3.82. The van der Waals surface area contributed by atoms with Crippen molar-refractivity contribution < 1.29 is 9.90 Å². The van der Waals surface area contributed by atoms with Gasteiger partial charge in [0.1, 0.15) is 4.75 Å². The molecule has 0 aliphatic rings. The highest BCUT2D eigenvalue weighted by atomic mass is 35.5. The summed E-state index contributed by atoms with van der Waals surface area (Å²) < 4.78 is -0.828. The normalized spacial score (nSPS) is 11.5. The monoisotopic (exact) mass is 278 g/mol. The van der Waals surface area contributed by atoms with Gasteiger partial charge in [0.25, 0.3) is 0 Å². The molecular formula is C11H12Cl2O2S. The third kappa shape index (κ3) is 3.30. The molecule has 0 radical (unpaired) electrons. The third-order valence-corrected chi connectivity index (χ3v) is 4.34. The Hall–Kier alpha value is -0.380. The minimum atomic E-state index is -0.837. The summed E-state index contributed by atoms with van der Waals surface area (Å²) in [5, 5.41) is 9.95. The Kier molecular flexibility index (Phi) is 4.53. The summed E-state index contributed by atoms with van der Waals surface area (Å²) in [5.74, 6) is -0.311. The molecule has 0 aliphatic carbocycles. The van der Waals surface area contributed by atoms with Crippen molar-refractivity contribution in [3.63, 3.8) is 0 Å². The van der Waals surface area contributed by atoms with E-state index in [1.165, 1.54) is 11.8 Å². The van der Waals surface area contributed by atoms with Crippen molar-refractivity contribution in [1.82, 2.24) is 0 Å². The molecule has 0 bridgehead atoms. The SMILES string of the molecule is CC(C)(SCc1cccc(Cl)c1Cl)C(=O)O. The second-order valence-corrected chi connectivity index (χ2v) is 6.20. The van der Waals surface area contributed by atoms with Crippen molar-refractivity contribution in [2.75, 3.05) is 0 Å². The highest BCUT2D eigenvalue weighted by Gasteiger charge is 2.27. The molecule has 88 valence electrons. The summed E-state index contributed by atoms with van der Waals surface area (Å²) in [6, 6.07) is 5.36. The van der Waals surface area contributed by atoms with Gasteiger partial charge in [0.2, 0.25) is 0 Å². The van der Waals surface area contributed by atoms with Crippen LogP contribution in [0.3, 0.4) is 0 Å². The van der Waals surface area contributed by atoms with Crippen molar-refractivity contribution in [3.05, 3.63) is 33.8 Å². The number of carboxylic acid groups (broad SMARTS) is 1. The van der Waals surface area contributed by atoms with Crippen LogP contribution in [-0.4, -0.2) is 15.8 Å². The van der Waals surface area contributed by atoms with Crippen LogP contribution in [0.1, 0.15) is 19.4 Å². The van der Waals surface area contributed by atoms with E-state index in [1.54, 1.807) is 26.0 Å². The number of halogens is 2. The van der Waals surface area contributed by atoms with Crippen LogP contribution in [-0.2, 0) is 10.5 Å². The Morgan fingerprint density at radius 3 is 2.62 bits per heavy atom. The highest BCUT2D eigenvalue weighted by Crippen LogP contribution is 2.33. The van der Waals surface area contributed by atoms with E-state index < -0.39 is 10.7 Å². The molecule has 0 aromatic heterocycles. The lowest BCUT2D eigenvalue weighted by Crippen LogP contribution is -2.27. The summed E-state index contributed by atoms with van der Waals surface area (Å²) in [6.45, 7) is 3.33. The average Bonchev–Trinajstić information content (AvgIpc) is 2.20. The Balaban J connectivity index is 2.76. The molecule has 0 amide bonds. The smallest absolute Gasteiger partial charge is 0.319 e. The first-order chi connectivity index (χ1) is 7.34. The molecule has 0 aliphatic heterocycles. The number of rotatable bonds is 4. The van der Waals surface area contributed by atoms with Crippen LogP contribution in [0.2, 0.25) is 10.0 Å². The van der Waals surface area contributed by atoms with Crippen molar-refractivity contribution >= 4 is 40.9 Å². The van der Waals surface area contributed by atoms with Gasteiger partial charge in [-0.3, -0.25) is 4.79 Å². The van der Waals surface area contributed by atoms with Crippen molar-refractivity contribution in [1.29, 1.82) is 0 Å². The lowest BCUT2D eigenvalue weighted by molar-refractivity contribution is -0.138. The first-order valence-electron chi connectivity index (χ1n) is 4.65. The number of carboxylic acids is 1.